The molecule has 0 aliphatic carbocycles. The minimum Gasteiger partial charge on any atom is -0.491 e. The Labute approximate surface area is 150 Å². The molecular weight excluding hydrogens is 365 g/mol. The van der Waals surface area contributed by atoms with Gasteiger partial charge in [0.05, 0.1) is 30.7 Å². The van der Waals surface area contributed by atoms with E-state index in [4.69, 9.17) is 26.8 Å². The van der Waals surface area contributed by atoms with Crippen LogP contribution in [0.3, 0.4) is 0 Å². The average molecular weight is 377 g/mol. The number of halogens is 1. The van der Waals surface area contributed by atoms with Crippen molar-refractivity contribution in [2.45, 2.75) is 0 Å². The van der Waals surface area contributed by atoms with Gasteiger partial charge >= 0.3 is 5.97 Å². The Balaban J connectivity index is 2.32. The molecule has 3 aromatic rings. The number of H-pyrrole nitrogens is 1. The monoisotopic (exact) mass is 377 g/mol. The van der Waals surface area contributed by atoms with Gasteiger partial charge < -0.3 is 19.6 Å². The van der Waals surface area contributed by atoms with Crippen LogP contribution in [0.1, 0.15) is 10.4 Å². The number of methoxy groups -OCH3 is 2. The van der Waals surface area contributed by atoms with Crippen LogP contribution in [0.5, 0.6) is 11.6 Å². The minimum absolute atomic E-state index is 0.0369. The molecule has 2 N–H and O–H groups in total. The van der Waals surface area contributed by atoms with E-state index in [0.29, 0.717) is 5.75 Å². The summed E-state index contributed by atoms with van der Waals surface area (Å²) in [7, 11) is 2.83. The minimum atomic E-state index is -1.45. The van der Waals surface area contributed by atoms with Crippen molar-refractivity contribution in [3.8, 4) is 17.4 Å². The molecule has 0 saturated heterocycles. The van der Waals surface area contributed by atoms with Gasteiger partial charge in [-0.1, -0.05) is 0 Å². The lowest BCUT2D eigenvalue weighted by Crippen LogP contribution is -2.22. The van der Waals surface area contributed by atoms with E-state index in [9.17, 15) is 14.0 Å². The molecular formula is C16H12FN3O5S. The van der Waals surface area contributed by atoms with E-state index < -0.39 is 22.9 Å². The number of carboxylic acids is 1. The summed E-state index contributed by atoms with van der Waals surface area (Å²) in [6, 6.07) is 4.90. The van der Waals surface area contributed by atoms with Crippen molar-refractivity contribution in [1.29, 1.82) is 0 Å². The first-order valence-corrected chi connectivity index (χ1v) is 7.59. The Bertz CT molecular complexity index is 1160. The van der Waals surface area contributed by atoms with Crippen molar-refractivity contribution in [2.24, 2.45) is 0 Å². The lowest BCUT2D eigenvalue weighted by molar-refractivity contribution is 0.0692. The lowest BCUT2D eigenvalue weighted by atomic mass is 10.1. The second-order valence-electron chi connectivity index (χ2n) is 5.13. The molecule has 10 heteroatoms. The highest BCUT2D eigenvalue weighted by Crippen LogP contribution is 2.25. The number of aromatic carboxylic acids is 1. The predicted molar refractivity (Wildman–Crippen MR) is 92.5 cm³/mol. The molecule has 0 radical (unpaired) electrons. The van der Waals surface area contributed by atoms with Crippen LogP contribution in [0.4, 0.5) is 4.39 Å². The van der Waals surface area contributed by atoms with E-state index in [-0.39, 0.29) is 27.4 Å². The van der Waals surface area contributed by atoms with E-state index in [1.54, 1.807) is 6.07 Å². The van der Waals surface area contributed by atoms with Gasteiger partial charge in [-0.05, 0) is 36.5 Å². The van der Waals surface area contributed by atoms with Gasteiger partial charge in [0.25, 0.3) is 11.4 Å². The van der Waals surface area contributed by atoms with Crippen molar-refractivity contribution in [3.05, 3.63) is 50.8 Å². The number of hydrogen-bond acceptors (Lipinski definition) is 6. The molecule has 26 heavy (non-hydrogen) atoms. The van der Waals surface area contributed by atoms with E-state index in [2.05, 4.69) is 9.97 Å². The topological polar surface area (TPSA) is 106 Å². The van der Waals surface area contributed by atoms with Crippen molar-refractivity contribution >= 4 is 29.1 Å². The summed E-state index contributed by atoms with van der Waals surface area (Å²) in [6.07, 6.45) is 0. The number of nitrogens with zero attached hydrogens (tertiary/aromatic N) is 2. The largest absolute Gasteiger partial charge is 0.491 e. The summed E-state index contributed by atoms with van der Waals surface area (Å²) in [6.45, 7) is 0. The van der Waals surface area contributed by atoms with Crippen molar-refractivity contribution in [1.82, 2.24) is 14.5 Å². The van der Waals surface area contributed by atoms with Crippen molar-refractivity contribution in [2.75, 3.05) is 14.2 Å². The molecule has 0 unspecified atom stereocenters. The zero-order chi connectivity index (χ0) is 19.0. The summed E-state index contributed by atoms with van der Waals surface area (Å²) in [5.41, 5.74) is -1.11. The number of ether oxygens (including phenoxy) is 2. The SMILES string of the molecule is COc1ccc(-n2c(=S)[nH]c3cc(C(=O)O)c(F)cc3c2=O)nc1OC. The first-order valence-electron chi connectivity index (χ1n) is 7.18. The number of hydrogen-bond donors (Lipinski definition) is 2. The van der Waals surface area contributed by atoms with E-state index >= 15 is 0 Å². The molecule has 0 atom stereocenters. The van der Waals surface area contributed by atoms with Crippen LogP contribution >= 0.6 is 12.2 Å². The molecule has 0 spiro atoms. The fraction of sp³-hybridized carbons (Fsp3) is 0.125. The molecule has 2 heterocycles. The second kappa shape index (κ2) is 6.56. The van der Waals surface area contributed by atoms with Crippen LogP contribution in [0.25, 0.3) is 16.7 Å². The van der Waals surface area contributed by atoms with Gasteiger partial charge in [0.2, 0.25) is 0 Å². The van der Waals surface area contributed by atoms with Gasteiger partial charge in [-0.25, -0.2) is 13.8 Å². The zero-order valence-corrected chi connectivity index (χ0v) is 14.4. The van der Waals surface area contributed by atoms with Crippen LogP contribution in [0, 0.1) is 10.6 Å². The van der Waals surface area contributed by atoms with E-state index in [1.807, 2.05) is 0 Å². The van der Waals surface area contributed by atoms with Crippen LogP contribution in [-0.4, -0.2) is 39.8 Å². The van der Waals surface area contributed by atoms with Crippen molar-refractivity contribution < 1.29 is 23.8 Å². The number of benzene rings is 1. The number of carbonyl (C=O) groups is 1. The zero-order valence-electron chi connectivity index (χ0n) is 13.6. The summed E-state index contributed by atoms with van der Waals surface area (Å²) in [5, 5.41) is 8.93. The molecule has 0 bridgehead atoms. The number of pyridine rings is 1. The molecule has 2 aromatic heterocycles. The highest BCUT2D eigenvalue weighted by molar-refractivity contribution is 7.71. The van der Waals surface area contributed by atoms with Crippen LogP contribution in [0.2, 0.25) is 0 Å². The average Bonchev–Trinajstić information content (AvgIpc) is 2.61. The van der Waals surface area contributed by atoms with Crippen LogP contribution in [0.15, 0.2) is 29.1 Å². The fourth-order valence-electron chi connectivity index (χ4n) is 2.45. The van der Waals surface area contributed by atoms with Crippen LogP contribution in [-0.2, 0) is 0 Å². The van der Waals surface area contributed by atoms with Gasteiger partial charge in [-0.3, -0.25) is 4.79 Å². The number of aromatic amines is 1. The second-order valence-corrected chi connectivity index (χ2v) is 5.52. The van der Waals surface area contributed by atoms with Crippen molar-refractivity contribution in [3.63, 3.8) is 0 Å². The fourth-order valence-corrected chi connectivity index (χ4v) is 2.74. The van der Waals surface area contributed by atoms with Gasteiger partial charge in [-0.2, -0.15) is 4.98 Å². The molecule has 3 rings (SSSR count). The summed E-state index contributed by atoms with van der Waals surface area (Å²) in [4.78, 5) is 30.7. The highest BCUT2D eigenvalue weighted by Gasteiger charge is 2.17. The van der Waals surface area contributed by atoms with Gasteiger partial charge in [-0.15, -0.1) is 0 Å². The number of aromatic nitrogens is 3. The molecule has 0 saturated carbocycles. The lowest BCUT2D eigenvalue weighted by Gasteiger charge is -2.11. The number of fused-ring (bicyclic) bond motifs is 1. The molecule has 0 amide bonds. The summed E-state index contributed by atoms with van der Waals surface area (Å²) >= 11 is 5.19. The summed E-state index contributed by atoms with van der Waals surface area (Å²) < 4.78 is 25.2. The normalized spacial score (nSPS) is 10.7. The van der Waals surface area contributed by atoms with E-state index in [1.165, 1.54) is 20.3 Å². The first-order chi connectivity index (χ1) is 12.4. The highest BCUT2D eigenvalue weighted by atomic mass is 32.1. The Morgan fingerprint density at radius 3 is 2.65 bits per heavy atom. The predicted octanol–water partition coefficient (Wildman–Crippen LogP) is 2.30. The Hall–Kier alpha value is -3.27. The maximum absolute atomic E-state index is 14.0. The molecule has 1 aromatic carbocycles. The number of nitrogens with one attached hydrogen (secondary N) is 1. The Morgan fingerprint density at radius 2 is 2.04 bits per heavy atom. The third kappa shape index (κ3) is 2.80. The molecule has 0 aliphatic rings. The van der Waals surface area contributed by atoms with E-state index in [0.717, 1.165) is 16.7 Å². The molecule has 0 fully saturated rings. The molecule has 8 nitrogen and oxygen atoms in total. The summed E-state index contributed by atoms with van der Waals surface area (Å²) in [5.74, 6) is -1.84. The standard InChI is InChI=1S/C16H12FN3O5S/c1-24-11-3-4-12(19-13(11)25-2)20-14(21)8-5-9(17)7(15(22)23)6-10(8)18-16(20)26/h3-6H,1-2H3,(H,18,26)(H,22,23). The maximum atomic E-state index is 14.0. The molecule has 0 aliphatic heterocycles. The number of carboxylic acid groups (broad SMARTS) is 1. The maximum Gasteiger partial charge on any atom is 0.338 e. The first kappa shape index (κ1) is 17.5. The smallest absolute Gasteiger partial charge is 0.338 e. The molecule has 134 valence electrons. The van der Waals surface area contributed by atoms with Gasteiger partial charge in [0.15, 0.2) is 10.5 Å². The van der Waals surface area contributed by atoms with Crippen LogP contribution < -0.4 is 15.0 Å². The van der Waals surface area contributed by atoms with Gasteiger partial charge in [0, 0.05) is 0 Å². The number of rotatable bonds is 4. The Morgan fingerprint density at radius 1 is 1.31 bits per heavy atom. The Kier molecular flexibility index (Phi) is 4.43. The third-order valence-electron chi connectivity index (χ3n) is 3.67. The quantitative estimate of drug-likeness (QED) is 0.672. The third-order valence-corrected chi connectivity index (χ3v) is 3.95. The van der Waals surface area contributed by atoms with Gasteiger partial charge in [0.1, 0.15) is 11.6 Å².